The van der Waals surface area contributed by atoms with Gasteiger partial charge in [-0.2, -0.15) is 0 Å². The summed E-state index contributed by atoms with van der Waals surface area (Å²) in [4.78, 5) is 25.1. The van der Waals surface area contributed by atoms with Gasteiger partial charge in [0.25, 0.3) is 5.91 Å². The number of carbonyl (C=O) groups is 2. The van der Waals surface area contributed by atoms with E-state index >= 15 is 0 Å². The number of hydrogen-bond donors (Lipinski definition) is 2. The van der Waals surface area contributed by atoms with E-state index < -0.39 is 0 Å². The highest BCUT2D eigenvalue weighted by Crippen LogP contribution is 2.21. The lowest BCUT2D eigenvalue weighted by molar-refractivity contribution is -0.120. The Morgan fingerprint density at radius 1 is 1.50 bits per heavy atom. The summed E-state index contributed by atoms with van der Waals surface area (Å²) in [6.45, 7) is 1.11. The molecule has 0 fully saturated rings. The largest absolute Gasteiger partial charge is 0.399 e. The van der Waals surface area contributed by atoms with Crippen LogP contribution >= 0.6 is 0 Å². The van der Waals surface area contributed by atoms with Crippen LogP contribution in [0.4, 0.5) is 5.69 Å². The quantitative estimate of drug-likeness (QED) is 0.759. The molecule has 0 bridgehead atoms. The number of amides is 2. The molecule has 1 heterocycles. The van der Waals surface area contributed by atoms with Crippen molar-refractivity contribution in [2.24, 2.45) is 0 Å². The van der Waals surface area contributed by atoms with Gasteiger partial charge in [0.1, 0.15) is 0 Å². The van der Waals surface area contributed by atoms with Crippen molar-refractivity contribution in [3.63, 3.8) is 0 Å². The number of nitrogens with zero attached hydrogens (tertiary/aromatic N) is 1. The van der Waals surface area contributed by atoms with Crippen LogP contribution in [0.2, 0.25) is 0 Å². The molecule has 0 atom stereocenters. The lowest BCUT2D eigenvalue weighted by Gasteiger charge is -2.28. The number of carbonyl (C=O) groups excluding carboxylic acids is 2. The number of rotatable bonds is 3. The summed E-state index contributed by atoms with van der Waals surface area (Å²) >= 11 is 0. The molecule has 18 heavy (non-hydrogen) atoms. The molecule has 0 aromatic heterocycles. The minimum atomic E-state index is -0.0545. The smallest absolute Gasteiger partial charge is 0.254 e. The Balaban J connectivity index is 2.10. The van der Waals surface area contributed by atoms with Crippen LogP contribution in [0.3, 0.4) is 0 Å². The highest BCUT2D eigenvalue weighted by Gasteiger charge is 2.24. The molecule has 96 valence electrons. The third-order valence-corrected chi connectivity index (χ3v) is 3.19. The lowest BCUT2D eigenvalue weighted by Crippen LogP contribution is -2.39. The molecule has 2 amide bonds. The van der Waals surface area contributed by atoms with Crippen molar-refractivity contribution in [1.82, 2.24) is 10.2 Å². The van der Waals surface area contributed by atoms with Crippen LogP contribution in [0.5, 0.6) is 0 Å². The van der Waals surface area contributed by atoms with Gasteiger partial charge in [0, 0.05) is 37.8 Å². The Bertz CT molecular complexity index is 485. The zero-order valence-electron chi connectivity index (χ0n) is 10.4. The SMILES string of the molecule is CNC(=O)CCN1CCc2ccc(N)cc2C1=O. The van der Waals surface area contributed by atoms with Crippen LogP contribution in [0.25, 0.3) is 0 Å². The van der Waals surface area contributed by atoms with Gasteiger partial charge in [-0.25, -0.2) is 0 Å². The van der Waals surface area contributed by atoms with Gasteiger partial charge in [-0.15, -0.1) is 0 Å². The van der Waals surface area contributed by atoms with E-state index in [0.29, 0.717) is 30.8 Å². The van der Waals surface area contributed by atoms with Gasteiger partial charge < -0.3 is 16.0 Å². The first-order valence-electron chi connectivity index (χ1n) is 6.00. The summed E-state index contributed by atoms with van der Waals surface area (Å²) < 4.78 is 0. The van der Waals surface area contributed by atoms with Gasteiger partial charge in [-0.1, -0.05) is 6.07 Å². The highest BCUT2D eigenvalue weighted by molar-refractivity contribution is 5.97. The minimum Gasteiger partial charge on any atom is -0.399 e. The second kappa shape index (κ2) is 5.08. The fraction of sp³-hybridized carbons (Fsp3) is 0.385. The molecule has 5 heteroatoms. The number of anilines is 1. The van der Waals surface area contributed by atoms with Gasteiger partial charge in [0.2, 0.25) is 5.91 Å². The first kappa shape index (κ1) is 12.4. The first-order valence-corrected chi connectivity index (χ1v) is 6.00. The summed E-state index contributed by atoms with van der Waals surface area (Å²) in [5.41, 5.74) is 7.99. The van der Waals surface area contributed by atoms with Crippen LogP contribution < -0.4 is 11.1 Å². The van der Waals surface area contributed by atoms with E-state index in [9.17, 15) is 9.59 Å². The fourth-order valence-electron chi connectivity index (χ4n) is 2.11. The molecule has 2 rings (SSSR count). The number of nitrogens with one attached hydrogen (secondary N) is 1. The third kappa shape index (κ3) is 2.45. The Morgan fingerprint density at radius 3 is 3.00 bits per heavy atom. The maximum atomic E-state index is 12.2. The van der Waals surface area contributed by atoms with Gasteiger partial charge in [0.15, 0.2) is 0 Å². The van der Waals surface area contributed by atoms with Crippen molar-refractivity contribution in [3.8, 4) is 0 Å². The average Bonchev–Trinajstić information content (AvgIpc) is 2.38. The summed E-state index contributed by atoms with van der Waals surface area (Å²) in [6, 6.07) is 5.43. The second-order valence-corrected chi connectivity index (χ2v) is 4.38. The van der Waals surface area contributed by atoms with Crippen LogP contribution in [0.1, 0.15) is 22.3 Å². The van der Waals surface area contributed by atoms with E-state index in [0.717, 1.165) is 12.0 Å². The lowest BCUT2D eigenvalue weighted by atomic mass is 9.98. The summed E-state index contributed by atoms with van der Waals surface area (Å²) in [5, 5.41) is 2.55. The van der Waals surface area contributed by atoms with E-state index in [-0.39, 0.29) is 11.8 Å². The molecule has 1 aromatic rings. The number of nitrogens with two attached hydrogens (primary N) is 1. The maximum Gasteiger partial charge on any atom is 0.254 e. The van der Waals surface area contributed by atoms with Crippen molar-refractivity contribution < 1.29 is 9.59 Å². The standard InChI is InChI=1S/C13H17N3O2/c1-15-12(17)5-7-16-6-4-9-2-3-10(14)8-11(9)13(16)18/h2-3,8H,4-7,14H2,1H3,(H,15,17). The molecule has 1 aromatic carbocycles. The van der Waals surface area contributed by atoms with Gasteiger partial charge in [-0.3, -0.25) is 9.59 Å². The van der Waals surface area contributed by atoms with Crippen molar-refractivity contribution in [2.45, 2.75) is 12.8 Å². The number of fused-ring (bicyclic) bond motifs is 1. The molecule has 1 aliphatic heterocycles. The van der Waals surface area contributed by atoms with E-state index in [1.807, 2.05) is 12.1 Å². The third-order valence-electron chi connectivity index (χ3n) is 3.19. The van der Waals surface area contributed by atoms with Crippen molar-refractivity contribution in [2.75, 3.05) is 25.9 Å². The van der Waals surface area contributed by atoms with E-state index in [1.54, 1.807) is 18.0 Å². The Kier molecular flexibility index (Phi) is 3.50. The van der Waals surface area contributed by atoms with Crippen molar-refractivity contribution in [3.05, 3.63) is 29.3 Å². The van der Waals surface area contributed by atoms with Crippen molar-refractivity contribution >= 4 is 17.5 Å². The van der Waals surface area contributed by atoms with E-state index in [4.69, 9.17) is 5.73 Å². The second-order valence-electron chi connectivity index (χ2n) is 4.38. The fourth-order valence-corrected chi connectivity index (χ4v) is 2.11. The highest BCUT2D eigenvalue weighted by atomic mass is 16.2. The van der Waals surface area contributed by atoms with E-state index in [1.165, 1.54) is 0 Å². The Hall–Kier alpha value is -2.04. The number of nitrogen functional groups attached to an aromatic ring is 1. The Labute approximate surface area is 106 Å². The molecule has 0 unspecified atom stereocenters. The molecule has 0 radical (unpaired) electrons. The molecule has 3 N–H and O–H groups in total. The molecule has 0 saturated heterocycles. The Morgan fingerprint density at radius 2 is 2.28 bits per heavy atom. The molecular formula is C13H17N3O2. The summed E-state index contributed by atoms with van der Waals surface area (Å²) in [6.07, 6.45) is 1.15. The normalized spacial score (nSPS) is 14.3. The van der Waals surface area contributed by atoms with E-state index in [2.05, 4.69) is 5.32 Å². The number of hydrogen-bond acceptors (Lipinski definition) is 3. The molecular weight excluding hydrogens is 230 g/mol. The van der Waals surface area contributed by atoms with Gasteiger partial charge >= 0.3 is 0 Å². The molecule has 0 saturated carbocycles. The molecule has 5 nitrogen and oxygen atoms in total. The van der Waals surface area contributed by atoms with Crippen molar-refractivity contribution in [1.29, 1.82) is 0 Å². The molecule has 0 spiro atoms. The molecule has 0 aliphatic carbocycles. The predicted octanol–water partition coefficient (Wildman–Crippen LogP) is 0.403. The molecule has 1 aliphatic rings. The zero-order valence-corrected chi connectivity index (χ0v) is 10.4. The van der Waals surface area contributed by atoms with Crippen LogP contribution in [-0.4, -0.2) is 36.9 Å². The number of benzene rings is 1. The topological polar surface area (TPSA) is 75.4 Å². The maximum absolute atomic E-state index is 12.2. The first-order chi connectivity index (χ1) is 8.61. The summed E-state index contributed by atoms with van der Waals surface area (Å²) in [5.74, 6) is -0.0892. The monoisotopic (exact) mass is 247 g/mol. The predicted molar refractivity (Wildman–Crippen MR) is 69.1 cm³/mol. The van der Waals surface area contributed by atoms with Gasteiger partial charge in [0.05, 0.1) is 0 Å². The zero-order chi connectivity index (χ0) is 13.1. The van der Waals surface area contributed by atoms with Crippen LogP contribution in [0, 0.1) is 0 Å². The minimum absolute atomic E-state index is 0.0348. The van der Waals surface area contributed by atoms with Gasteiger partial charge in [-0.05, 0) is 24.1 Å². The van der Waals surface area contributed by atoms with Crippen LogP contribution in [0.15, 0.2) is 18.2 Å². The average molecular weight is 247 g/mol. The summed E-state index contributed by atoms with van der Waals surface area (Å²) in [7, 11) is 1.59. The van der Waals surface area contributed by atoms with Crippen LogP contribution in [-0.2, 0) is 11.2 Å².